The van der Waals surface area contributed by atoms with Gasteiger partial charge in [-0.05, 0) is 43.3 Å². The molecule has 0 spiro atoms. The van der Waals surface area contributed by atoms with E-state index in [0.29, 0.717) is 29.2 Å². The summed E-state index contributed by atoms with van der Waals surface area (Å²) in [6.45, 7) is 5.91. The molecule has 2 aromatic rings. The third-order valence-corrected chi connectivity index (χ3v) is 3.77. The highest BCUT2D eigenvalue weighted by molar-refractivity contribution is 6.04. The molecule has 0 heterocycles. The van der Waals surface area contributed by atoms with E-state index in [2.05, 4.69) is 16.0 Å². The normalized spacial score (nSPS) is 10.3. The highest BCUT2D eigenvalue weighted by atomic mass is 16.5. The summed E-state index contributed by atoms with van der Waals surface area (Å²) in [6.07, 6.45) is 0. The van der Waals surface area contributed by atoms with Crippen LogP contribution in [0, 0.1) is 5.92 Å². The molecule has 3 amide bonds. The molecule has 0 unspecified atom stereocenters. The van der Waals surface area contributed by atoms with Crippen LogP contribution in [0.5, 0.6) is 5.75 Å². The number of carbonyl (C=O) groups is 3. The van der Waals surface area contributed by atoms with Crippen LogP contribution >= 0.6 is 0 Å². The summed E-state index contributed by atoms with van der Waals surface area (Å²) in [5.74, 6) is -0.216. The minimum absolute atomic E-state index is 0.0818. The Hall–Kier alpha value is -3.35. The Bertz CT molecular complexity index is 832. The monoisotopic (exact) mass is 383 g/mol. The second-order valence-electron chi connectivity index (χ2n) is 6.45. The maximum atomic E-state index is 12.4. The minimum Gasteiger partial charge on any atom is -0.484 e. The van der Waals surface area contributed by atoms with E-state index in [1.165, 1.54) is 0 Å². The lowest BCUT2D eigenvalue weighted by Gasteiger charge is -2.10. The van der Waals surface area contributed by atoms with Crippen LogP contribution in [0.2, 0.25) is 0 Å². The van der Waals surface area contributed by atoms with Gasteiger partial charge in [0.05, 0.1) is 0 Å². The first kappa shape index (κ1) is 21.0. The van der Waals surface area contributed by atoms with Gasteiger partial charge in [0.25, 0.3) is 11.8 Å². The van der Waals surface area contributed by atoms with Crippen molar-refractivity contribution in [1.29, 1.82) is 0 Å². The zero-order chi connectivity index (χ0) is 20.5. The smallest absolute Gasteiger partial charge is 0.257 e. The van der Waals surface area contributed by atoms with Crippen molar-refractivity contribution in [2.75, 3.05) is 23.8 Å². The van der Waals surface area contributed by atoms with Gasteiger partial charge in [-0.1, -0.05) is 19.9 Å². The average Bonchev–Trinajstić information content (AvgIpc) is 2.67. The zero-order valence-corrected chi connectivity index (χ0v) is 16.2. The van der Waals surface area contributed by atoms with Gasteiger partial charge in [-0.25, -0.2) is 0 Å². The molecule has 28 heavy (non-hydrogen) atoms. The highest BCUT2D eigenvalue weighted by Gasteiger charge is 2.10. The Morgan fingerprint density at radius 2 is 1.68 bits per heavy atom. The molecule has 0 atom stereocenters. The molecule has 0 aliphatic heterocycles. The number of amides is 3. The second-order valence-corrected chi connectivity index (χ2v) is 6.45. The van der Waals surface area contributed by atoms with E-state index in [1.54, 1.807) is 48.5 Å². The molecule has 148 valence electrons. The number of hydrogen-bond acceptors (Lipinski definition) is 4. The molecule has 0 aliphatic rings. The molecule has 7 nitrogen and oxygen atoms in total. The summed E-state index contributed by atoms with van der Waals surface area (Å²) in [4.78, 5) is 35.6. The van der Waals surface area contributed by atoms with Crippen LogP contribution in [-0.4, -0.2) is 30.9 Å². The van der Waals surface area contributed by atoms with Crippen LogP contribution in [0.1, 0.15) is 31.1 Å². The van der Waals surface area contributed by atoms with Crippen LogP contribution in [0.15, 0.2) is 48.5 Å². The average molecular weight is 383 g/mol. The van der Waals surface area contributed by atoms with E-state index in [9.17, 15) is 14.4 Å². The SMILES string of the molecule is CCNC(=O)COc1cccc(NC(=O)c2ccc(NC(=O)C(C)C)cc2)c1. The van der Waals surface area contributed by atoms with Gasteiger partial charge >= 0.3 is 0 Å². The second kappa shape index (κ2) is 10.1. The summed E-state index contributed by atoms with van der Waals surface area (Å²) in [6, 6.07) is 13.5. The summed E-state index contributed by atoms with van der Waals surface area (Å²) in [7, 11) is 0. The number of nitrogens with one attached hydrogen (secondary N) is 3. The van der Waals surface area contributed by atoms with E-state index in [0.717, 1.165) is 0 Å². The van der Waals surface area contributed by atoms with Crippen LogP contribution in [-0.2, 0) is 9.59 Å². The first-order chi connectivity index (χ1) is 13.4. The molecule has 2 rings (SSSR count). The fraction of sp³-hybridized carbons (Fsp3) is 0.286. The van der Waals surface area contributed by atoms with Gasteiger partial charge in [-0.2, -0.15) is 0 Å². The standard InChI is InChI=1S/C21H25N3O4/c1-4-22-19(25)13-28-18-7-5-6-17(12-18)24-21(27)15-8-10-16(11-9-15)23-20(26)14(2)3/h5-12,14H,4,13H2,1-3H3,(H,22,25)(H,23,26)(H,24,27). The molecular formula is C21H25N3O4. The predicted molar refractivity (Wildman–Crippen MR) is 108 cm³/mol. The third kappa shape index (κ3) is 6.42. The molecule has 0 fully saturated rings. The molecule has 0 saturated carbocycles. The Morgan fingerprint density at radius 3 is 2.32 bits per heavy atom. The summed E-state index contributed by atoms with van der Waals surface area (Å²) >= 11 is 0. The number of benzene rings is 2. The molecule has 0 radical (unpaired) electrons. The molecule has 0 saturated heterocycles. The maximum absolute atomic E-state index is 12.4. The van der Waals surface area contributed by atoms with Crippen molar-refractivity contribution in [2.24, 2.45) is 5.92 Å². The summed E-state index contributed by atoms with van der Waals surface area (Å²) in [5, 5.41) is 8.21. The first-order valence-corrected chi connectivity index (χ1v) is 9.11. The maximum Gasteiger partial charge on any atom is 0.257 e. The van der Waals surface area contributed by atoms with Crippen LogP contribution < -0.4 is 20.7 Å². The van der Waals surface area contributed by atoms with Gasteiger partial charge in [-0.3, -0.25) is 14.4 Å². The van der Waals surface area contributed by atoms with E-state index in [-0.39, 0.29) is 30.2 Å². The zero-order valence-electron chi connectivity index (χ0n) is 16.2. The van der Waals surface area contributed by atoms with Crippen molar-refractivity contribution in [1.82, 2.24) is 5.32 Å². The molecule has 2 aromatic carbocycles. The molecule has 3 N–H and O–H groups in total. The van der Waals surface area contributed by atoms with Crippen molar-refractivity contribution in [3.63, 3.8) is 0 Å². The van der Waals surface area contributed by atoms with Gasteiger partial charge in [0.2, 0.25) is 5.91 Å². The Morgan fingerprint density at radius 1 is 0.964 bits per heavy atom. The molecular weight excluding hydrogens is 358 g/mol. The fourth-order valence-corrected chi connectivity index (χ4v) is 2.26. The van der Waals surface area contributed by atoms with Crippen molar-refractivity contribution >= 4 is 29.1 Å². The molecule has 0 aromatic heterocycles. The lowest BCUT2D eigenvalue weighted by atomic mass is 10.1. The number of carbonyl (C=O) groups excluding carboxylic acids is 3. The van der Waals surface area contributed by atoms with Crippen molar-refractivity contribution in [2.45, 2.75) is 20.8 Å². The largest absolute Gasteiger partial charge is 0.484 e. The van der Waals surface area contributed by atoms with Crippen molar-refractivity contribution in [3.8, 4) is 5.75 Å². The van der Waals surface area contributed by atoms with E-state index < -0.39 is 0 Å². The molecule has 0 bridgehead atoms. The molecule has 7 heteroatoms. The Labute approximate surface area is 164 Å². The number of likely N-dealkylation sites (N-methyl/N-ethyl adjacent to an activating group) is 1. The fourth-order valence-electron chi connectivity index (χ4n) is 2.26. The highest BCUT2D eigenvalue weighted by Crippen LogP contribution is 2.19. The van der Waals surface area contributed by atoms with Crippen molar-refractivity contribution < 1.29 is 19.1 Å². The third-order valence-electron chi connectivity index (χ3n) is 3.77. The van der Waals surface area contributed by atoms with E-state index in [4.69, 9.17) is 4.74 Å². The lowest BCUT2D eigenvalue weighted by Crippen LogP contribution is -2.28. The summed E-state index contributed by atoms with van der Waals surface area (Å²) < 4.78 is 5.42. The number of ether oxygens (including phenoxy) is 1. The van der Waals surface area contributed by atoms with Gasteiger partial charge in [0.1, 0.15) is 5.75 Å². The first-order valence-electron chi connectivity index (χ1n) is 9.11. The quantitative estimate of drug-likeness (QED) is 0.653. The predicted octanol–water partition coefficient (Wildman–Crippen LogP) is 3.05. The summed E-state index contributed by atoms with van der Waals surface area (Å²) in [5.41, 5.74) is 1.64. The lowest BCUT2D eigenvalue weighted by molar-refractivity contribution is -0.123. The van der Waals surface area contributed by atoms with Gasteiger partial charge in [-0.15, -0.1) is 0 Å². The topological polar surface area (TPSA) is 96.5 Å². The minimum atomic E-state index is -0.289. The van der Waals surface area contributed by atoms with Gasteiger partial charge in [0.15, 0.2) is 6.61 Å². The van der Waals surface area contributed by atoms with Crippen molar-refractivity contribution in [3.05, 3.63) is 54.1 Å². The number of rotatable bonds is 8. The van der Waals surface area contributed by atoms with Crippen LogP contribution in [0.25, 0.3) is 0 Å². The van der Waals surface area contributed by atoms with Crippen LogP contribution in [0.4, 0.5) is 11.4 Å². The van der Waals surface area contributed by atoms with Gasteiger partial charge in [0, 0.05) is 35.5 Å². The Kier molecular flexibility index (Phi) is 7.56. The van der Waals surface area contributed by atoms with Crippen LogP contribution in [0.3, 0.4) is 0 Å². The number of hydrogen-bond donors (Lipinski definition) is 3. The van der Waals surface area contributed by atoms with Gasteiger partial charge < -0.3 is 20.7 Å². The number of anilines is 2. The molecule has 0 aliphatic carbocycles. The van der Waals surface area contributed by atoms with E-state index >= 15 is 0 Å². The van der Waals surface area contributed by atoms with E-state index in [1.807, 2.05) is 20.8 Å². The Balaban J connectivity index is 1.96.